The van der Waals surface area contributed by atoms with Crippen LogP contribution in [0.15, 0.2) is 6.07 Å². The molecule has 0 spiro atoms. The Morgan fingerprint density at radius 3 is 2.82 bits per heavy atom. The van der Waals surface area contributed by atoms with Gasteiger partial charge in [0.1, 0.15) is 5.15 Å². The van der Waals surface area contributed by atoms with Crippen LogP contribution in [0, 0.1) is 0 Å². The van der Waals surface area contributed by atoms with Crippen LogP contribution in [-0.4, -0.2) is 17.1 Å². The lowest BCUT2D eigenvalue weighted by atomic mass is 10.5. The number of methoxy groups -OCH3 is 1. The van der Waals surface area contributed by atoms with Gasteiger partial charge >= 0.3 is 6.01 Å². The van der Waals surface area contributed by atoms with Crippen LogP contribution in [0.3, 0.4) is 0 Å². The third-order valence-electron chi connectivity index (χ3n) is 1.05. The first-order valence-corrected chi connectivity index (χ1v) is 3.81. The molecule has 0 radical (unpaired) electrons. The van der Waals surface area contributed by atoms with E-state index >= 15 is 0 Å². The molecule has 1 aromatic rings. The number of rotatable bonds is 2. The van der Waals surface area contributed by atoms with Crippen molar-refractivity contribution < 1.29 is 4.74 Å². The molecule has 1 rings (SSSR count). The van der Waals surface area contributed by atoms with Gasteiger partial charge in [-0.1, -0.05) is 11.6 Å². The van der Waals surface area contributed by atoms with E-state index in [2.05, 4.69) is 9.97 Å². The first-order chi connectivity index (χ1) is 5.26. The van der Waals surface area contributed by atoms with Crippen molar-refractivity contribution in [2.24, 2.45) is 0 Å². The number of halogens is 2. The standard InChI is InChI=1S/C6H6Cl2N2O/c1-11-6-9-4(3-7)2-5(8)10-6/h2H,3H2,1H3. The molecule has 60 valence electrons. The Morgan fingerprint density at radius 1 is 1.55 bits per heavy atom. The fourth-order valence-electron chi connectivity index (χ4n) is 0.601. The van der Waals surface area contributed by atoms with Gasteiger partial charge in [-0.05, 0) is 6.07 Å². The lowest BCUT2D eigenvalue weighted by Crippen LogP contribution is -1.95. The molecule has 1 heterocycles. The Hall–Kier alpha value is -0.540. The van der Waals surface area contributed by atoms with Gasteiger partial charge in [0.25, 0.3) is 0 Å². The van der Waals surface area contributed by atoms with Gasteiger partial charge in [-0.15, -0.1) is 11.6 Å². The van der Waals surface area contributed by atoms with E-state index in [9.17, 15) is 0 Å². The number of aromatic nitrogens is 2. The van der Waals surface area contributed by atoms with Crippen molar-refractivity contribution in [2.75, 3.05) is 7.11 Å². The van der Waals surface area contributed by atoms with Gasteiger partial charge in [0.2, 0.25) is 0 Å². The van der Waals surface area contributed by atoms with Crippen LogP contribution in [0.5, 0.6) is 6.01 Å². The van der Waals surface area contributed by atoms with Crippen molar-refractivity contribution in [2.45, 2.75) is 5.88 Å². The molecule has 0 fully saturated rings. The molecule has 0 saturated carbocycles. The average Bonchev–Trinajstić information content (AvgIpc) is 2.03. The van der Waals surface area contributed by atoms with Crippen molar-refractivity contribution >= 4 is 23.2 Å². The highest BCUT2D eigenvalue weighted by Crippen LogP contribution is 2.12. The van der Waals surface area contributed by atoms with E-state index in [0.29, 0.717) is 16.7 Å². The second kappa shape index (κ2) is 3.74. The van der Waals surface area contributed by atoms with Crippen molar-refractivity contribution in [3.63, 3.8) is 0 Å². The zero-order valence-electron chi connectivity index (χ0n) is 5.84. The highest BCUT2D eigenvalue weighted by molar-refractivity contribution is 6.29. The van der Waals surface area contributed by atoms with Crippen LogP contribution < -0.4 is 4.74 Å². The van der Waals surface area contributed by atoms with Gasteiger partial charge in [0.15, 0.2) is 0 Å². The molecular weight excluding hydrogens is 187 g/mol. The Labute approximate surface area is 74.3 Å². The minimum Gasteiger partial charge on any atom is -0.467 e. The molecule has 0 bridgehead atoms. The van der Waals surface area contributed by atoms with Gasteiger partial charge in [-0.3, -0.25) is 0 Å². The van der Waals surface area contributed by atoms with Crippen LogP contribution in [-0.2, 0) is 5.88 Å². The second-order valence-electron chi connectivity index (χ2n) is 1.80. The number of nitrogens with zero attached hydrogens (tertiary/aromatic N) is 2. The van der Waals surface area contributed by atoms with Gasteiger partial charge in [0, 0.05) is 0 Å². The predicted molar refractivity (Wildman–Crippen MR) is 43.2 cm³/mol. The maximum absolute atomic E-state index is 5.62. The third kappa shape index (κ3) is 2.20. The Balaban J connectivity index is 3.02. The average molecular weight is 193 g/mol. The first kappa shape index (κ1) is 8.56. The molecule has 0 aliphatic rings. The summed E-state index contributed by atoms with van der Waals surface area (Å²) in [6, 6.07) is 1.84. The van der Waals surface area contributed by atoms with E-state index in [1.165, 1.54) is 7.11 Å². The van der Waals surface area contributed by atoms with Gasteiger partial charge in [0.05, 0.1) is 18.7 Å². The van der Waals surface area contributed by atoms with Crippen LogP contribution in [0.25, 0.3) is 0 Å². The van der Waals surface area contributed by atoms with Crippen LogP contribution in [0.4, 0.5) is 0 Å². The number of hydrogen-bond donors (Lipinski definition) is 0. The summed E-state index contributed by atoms with van der Waals surface area (Å²) in [6.07, 6.45) is 0. The van der Waals surface area contributed by atoms with Gasteiger partial charge in [-0.2, -0.15) is 9.97 Å². The summed E-state index contributed by atoms with van der Waals surface area (Å²) in [5, 5.41) is 0.340. The normalized spacial score (nSPS) is 9.73. The Bertz CT molecular complexity index is 232. The zero-order valence-corrected chi connectivity index (χ0v) is 7.35. The molecule has 0 N–H and O–H groups in total. The van der Waals surface area contributed by atoms with E-state index in [1.54, 1.807) is 6.07 Å². The lowest BCUT2D eigenvalue weighted by Gasteiger charge is -1.99. The summed E-state index contributed by atoms with van der Waals surface area (Å²) < 4.78 is 4.77. The Kier molecular flexibility index (Phi) is 2.91. The van der Waals surface area contributed by atoms with E-state index in [0.717, 1.165) is 0 Å². The fraction of sp³-hybridized carbons (Fsp3) is 0.333. The largest absolute Gasteiger partial charge is 0.467 e. The zero-order chi connectivity index (χ0) is 8.27. The monoisotopic (exact) mass is 192 g/mol. The molecule has 0 unspecified atom stereocenters. The minimum absolute atomic E-state index is 0.244. The van der Waals surface area contributed by atoms with Crippen molar-refractivity contribution in [3.8, 4) is 6.01 Å². The van der Waals surface area contributed by atoms with Crippen molar-refractivity contribution in [3.05, 3.63) is 16.9 Å². The number of alkyl halides is 1. The molecule has 0 amide bonds. The maximum atomic E-state index is 5.62. The fourth-order valence-corrected chi connectivity index (χ4v) is 0.936. The number of ether oxygens (including phenoxy) is 1. The molecular formula is C6H6Cl2N2O. The van der Waals surface area contributed by atoms with Crippen LogP contribution >= 0.6 is 23.2 Å². The van der Waals surface area contributed by atoms with Crippen LogP contribution in [0.2, 0.25) is 5.15 Å². The summed E-state index contributed by atoms with van der Waals surface area (Å²) in [7, 11) is 1.48. The highest BCUT2D eigenvalue weighted by Gasteiger charge is 2.00. The summed E-state index contributed by atoms with van der Waals surface area (Å²) in [6.45, 7) is 0. The SMILES string of the molecule is COc1nc(Cl)cc(CCl)n1. The molecule has 11 heavy (non-hydrogen) atoms. The maximum Gasteiger partial charge on any atom is 0.317 e. The van der Waals surface area contributed by atoms with E-state index < -0.39 is 0 Å². The van der Waals surface area contributed by atoms with E-state index in [-0.39, 0.29) is 6.01 Å². The summed E-state index contributed by atoms with van der Waals surface area (Å²) in [5.74, 6) is 0.304. The minimum atomic E-state index is 0.244. The smallest absolute Gasteiger partial charge is 0.317 e. The molecule has 0 aliphatic heterocycles. The topological polar surface area (TPSA) is 35.0 Å². The highest BCUT2D eigenvalue weighted by atomic mass is 35.5. The molecule has 0 aliphatic carbocycles. The molecule has 3 nitrogen and oxygen atoms in total. The van der Waals surface area contributed by atoms with Crippen LogP contribution in [0.1, 0.15) is 5.69 Å². The summed E-state index contributed by atoms with van der Waals surface area (Å²) in [4.78, 5) is 7.69. The van der Waals surface area contributed by atoms with E-state index in [4.69, 9.17) is 27.9 Å². The molecule has 0 atom stereocenters. The first-order valence-electron chi connectivity index (χ1n) is 2.89. The lowest BCUT2D eigenvalue weighted by molar-refractivity contribution is 0.378. The van der Waals surface area contributed by atoms with E-state index in [1.807, 2.05) is 0 Å². The summed E-state index contributed by atoms with van der Waals surface area (Å²) in [5.41, 5.74) is 0.656. The number of hydrogen-bond acceptors (Lipinski definition) is 3. The van der Waals surface area contributed by atoms with Gasteiger partial charge in [-0.25, -0.2) is 0 Å². The summed E-state index contributed by atoms with van der Waals surface area (Å²) >= 11 is 11.1. The van der Waals surface area contributed by atoms with Crippen molar-refractivity contribution in [1.29, 1.82) is 0 Å². The molecule has 0 aromatic carbocycles. The van der Waals surface area contributed by atoms with Crippen molar-refractivity contribution in [1.82, 2.24) is 9.97 Å². The Morgan fingerprint density at radius 2 is 2.27 bits per heavy atom. The molecule has 1 aromatic heterocycles. The quantitative estimate of drug-likeness (QED) is 0.531. The second-order valence-corrected chi connectivity index (χ2v) is 2.46. The van der Waals surface area contributed by atoms with Gasteiger partial charge < -0.3 is 4.74 Å². The molecule has 5 heteroatoms. The predicted octanol–water partition coefficient (Wildman–Crippen LogP) is 1.88. The third-order valence-corrected chi connectivity index (χ3v) is 1.51. The molecule has 0 saturated heterocycles.